The lowest BCUT2D eigenvalue weighted by Gasteiger charge is -2.25. The van der Waals surface area contributed by atoms with Gasteiger partial charge in [-0.25, -0.2) is 9.97 Å². The fourth-order valence-corrected chi connectivity index (χ4v) is 9.13. The molecule has 0 aliphatic carbocycles. The first-order valence-electron chi connectivity index (χ1n) is 22.5. The van der Waals surface area contributed by atoms with Crippen molar-refractivity contribution in [2.75, 3.05) is 4.90 Å². The minimum Gasteiger partial charge on any atom is -0.310 e. The number of nitriles is 4. The van der Waals surface area contributed by atoms with Gasteiger partial charge in [-0.15, -0.1) is 0 Å². The van der Waals surface area contributed by atoms with E-state index in [0.717, 1.165) is 72.4 Å². The Kier molecular flexibility index (Phi) is 10.9. The van der Waals surface area contributed by atoms with Crippen molar-refractivity contribution >= 4 is 38.9 Å². The lowest BCUT2D eigenvalue weighted by Crippen LogP contribution is -2.09. The molecule has 2 aromatic heterocycles. The second-order valence-corrected chi connectivity index (χ2v) is 16.7. The predicted molar refractivity (Wildman–Crippen MR) is 277 cm³/mol. The van der Waals surface area contributed by atoms with Gasteiger partial charge in [0, 0.05) is 61.3 Å². The molecule has 8 nitrogen and oxygen atoms in total. The van der Waals surface area contributed by atoms with Gasteiger partial charge >= 0.3 is 0 Å². The molecule has 0 bridgehead atoms. The average molecular weight is 893 g/mol. The standard InChI is InChI=1S/C62H36N8/c63-37-41-15-19-45(20-16-41)58-36-59(68-62(67-58)47-21-17-42(38-64)18-22-47)46-25-23-43(24-26-46)55-33-49(40-66)56(34-48(55)39-65)44-27-29-52(30-28-44)70-60-14-8-7-13-54(60)57-35-53(31-32-61(57)70)69(50-9-3-1-4-10-50)51-11-5-2-6-12-51/h1-36H. The van der Waals surface area contributed by atoms with Crippen LogP contribution in [0.1, 0.15) is 22.3 Å². The molecule has 0 saturated heterocycles. The minimum absolute atomic E-state index is 0.442. The van der Waals surface area contributed by atoms with Crippen LogP contribution in [0.4, 0.5) is 17.1 Å². The van der Waals surface area contributed by atoms with E-state index in [1.54, 1.807) is 30.3 Å². The Bertz CT molecular complexity index is 3830. The number of para-hydroxylation sites is 3. The van der Waals surface area contributed by atoms with E-state index in [4.69, 9.17) is 9.97 Å². The largest absolute Gasteiger partial charge is 0.310 e. The fraction of sp³-hybridized carbons (Fsp3) is 0. The molecule has 2 heterocycles. The molecule has 0 atom stereocenters. The highest BCUT2D eigenvalue weighted by Gasteiger charge is 2.19. The molecule has 11 aromatic rings. The summed E-state index contributed by atoms with van der Waals surface area (Å²) < 4.78 is 2.27. The summed E-state index contributed by atoms with van der Waals surface area (Å²) in [5.74, 6) is 0.484. The topological polar surface area (TPSA) is 129 Å². The molecule has 0 aliphatic rings. The van der Waals surface area contributed by atoms with Crippen molar-refractivity contribution in [3.63, 3.8) is 0 Å². The Morgan fingerprint density at radius 3 is 1.34 bits per heavy atom. The molecule has 11 rings (SSSR count). The molecule has 0 unspecified atom stereocenters. The van der Waals surface area contributed by atoms with Crippen LogP contribution in [0.5, 0.6) is 0 Å². The fourth-order valence-electron chi connectivity index (χ4n) is 9.13. The molecule has 0 fully saturated rings. The molecule has 0 aliphatic heterocycles. The average Bonchev–Trinajstić information content (AvgIpc) is 3.77. The van der Waals surface area contributed by atoms with Crippen LogP contribution < -0.4 is 4.90 Å². The Hall–Kier alpha value is -10.4. The number of hydrogen-bond donors (Lipinski definition) is 0. The maximum absolute atomic E-state index is 10.6. The van der Waals surface area contributed by atoms with E-state index in [1.807, 2.05) is 84.9 Å². The molecule has 0 N–H and O–H groups in total. The van der Waals surface area contributed by atoms with Gasteiger partial charge in [0.15, 0.2) is 5.82 Å². The summed E-state index contributed by atoms with van der Waals surface area (Å²) in [7, 11) is 0. The van der Waals surface area contributed by atoms with Gasteiger partial charge in [-0.1, -0.05) is 103 Å². The lowest BCUT2D eigenvalue weighted by molar-refractivity contribution is 1.18. The maximum atomic E-state index is 10.6. The summed E-state index contributed by atoms with van der Waals surface area (Å²) in [6.45, 7) is 0. The highest BCUT2D eigenvalue weighted by Crippen LogP contribution is 2.41. The number of fused-ring (bicyclic) bond motifs is 3. The third kappa shape index (κ3) is 7.83. The zero-order valence-corrected chi connectivity index (χ0v) is 37.4. The Morgan fingerprint density at radius 1 is 0.357 bits per heavy atom. The molecular weight excluding hydrogens is 857 g/mol. The van der Waals surface area contributed by atoms with E-state index in [-0.39, 0.29) is 0 Å². The van der Waals surface area contributed by atoms with Gasteiger partial charge in [-0.3, -0.25) is 0 Å². The van der Waals surface area contributed by atoms with E-state index >= 15 is 0 Å². The SMILES string of the molecule is N#Cc1ccc(-c2cc(-c3ccc(-c4cc(C#N)c(-c5ccc(-n6c7ccccc7c7cc(N(c8ccccc8)c8ccccc8)ccc76)cc5)cc4C#N)cc3)nc(-c3ccc(C#N)cc3)n2)cc1. The van der Waals surface area contributed by atoms with Gasteiger partial charge in [-0.05, 0) is 126 Å². The van der Waals surface area contributed by atoms with Crippen molar-refractivity contribution in [3.8, 4) is 86.1 Å². The van der Waals surface area contributed by atoms with Crippen LogP contribution >= 0.6 is 0 Å². The molecule has 70 heavy (non-hydrogen) atoms. The van der Waals surface area contributed by atoms with Crippen molar-refractivity contribution in [1.82, 2.24) is 14.5 Å². The third-order valence-electron chi connectivity index (χ3n) is 12.6. The summed E-state index contributed by atoms with van der Waals surface area (Å²) >= 11 is 0. The molecular formula is C62H36N8. The van der Waals surface area contributed by atoms with Crippen LogP contribution in [0.25, 0.3) is 83.6 Å². The first-order valence-corrected chi connectivity index (χ1v) is 22.5. The smallest absolute Gasteiger partial charge is 0.160 e. The Balaban J connectivity index is 0.924. The summed E-state index contributed by atoms with van der Waals surface area (Å²) in [5, 5.41) is 42.1. The van der Waals surface area contributed by atoms with E-state index in [1.165, 1.54) is 0 Å². The highest BCUT2D eigenvalue weighted by molar-refractivity contribution is 6.10. The monoisotopic (exact) mass is 892 g/mol. The molecule has 324 valence electrons. The molecule has 0 amide bonds. The van der Waals surface area contributed by atoms with Gasteiger partial charge in [0.2, 0.25) is 0 Å². The van der Waals surface area contributed by atoms with Crippen molar-refractivity contribution in [2.24, 2.45) is 0 Å². The van der Waals surface area contributed by atoms with Gasteiger partial charge in [0.1, 0.15) is 0 Å². The zero-order valence-electron chi connectivity index (χ0n) is 37.4. The first kappa shape index (κ1) is 42.3. The summed E-state index contributed by atoms with van der Waals surface area (Å²) in [6.07, 6.45) is 0. The normalized spacial score (nSPS) is 10.8. The van der Waals surface area contributed by atoms with Crippen molar-refractivity contribution < 1.29 is 0 Å². The van der Waals surface area contributed by atoms with E-state index in [9.17, 15) is 21.0 Å². The summed E-state index contributed by atoms with van der Waals surface area (Å²) in [4.78, 5) is 12.1. The molecule has 0 spiro atoms. The highest BCUT2D eigenvalue weighted by atomic mass is 15.1. The minimum atomic E-state index is 0.442. The third-order valence-corrected chi connectivity index (χ3v) is 12.6. The summed E-state index contributed by atoms with van der Waals surface area (Å²) in [6, 6.07) is 80.8. The van der Waals surface area contributed by atoms with Crippen LogP contribution in [0.3, 0.4) is 0 Å². The second kappa shape index (κ2) is 18.1. The number of hydrogen-bond acceptors (Lipinski definition) is 7. The van der Waals surface area contributed by atoms with Crippen molar-refractivity contribution in [2.45, 2.75) is 0 Å². The quantitative estimate of drug-likeness (QED) is 0.141. The first-order chi connectivity index (χ1) is 34.5. The molecule has 9 aromatic carbocycles. The van der Waals surface area contributed by atoms with Crippen LogP contribution in [0.15, 0.2) is 218 Å². The summed E-state index contributed by atoms with van der Waals surface area (Å²) in [5.41, 5.74) is 14.9. The second-order valence-electron chi connectivity index (χ2n) is 16.7. The van der Waals surface area contributed by atoms with Gasteiger partial charge in [0.25, 0.3) is 0 Å². The molecule has 0 radical (unpaired) electrons. The lowest BCUT2D eigenvalue weighted by atomic mass is 9.91. The number of rotatable bonds is 9. The number of anilines is 3. The molecule has 0 saturated carbocycles. The van der Waals surface area contributed by atoms with Gasteiger partial charge in [0.05, 0.1) is 69.0 Å². The number of nitrogens with zero attached hydrogens (tertiary/aromatic N) is 8. The number of benzene rings is 9. The van der Waals surface area contributed by atoms with Crippen molar-refractivity contribution in [3.05, 3.63) is 241 Å². The van der Waals surface area contributed by atoms with Crippen LogP contribution in [0, 0.1) is 45.3 Å². The van der Waals surface area contributed by atoms with E-state index < -0.39 is 0 Å². The Labute approximate surface area is 404 Å². The maximum Gasteiger partial charge on any atom is 0.160 e. The number of aromatic nitrogens is 3. The Morgan fingerprint density at radius 2 is 0.814 bits per heavy atom. The van der Waals surface area contributed by atoms with Crippen LogP contribution in [-0.4, -0.2) is 14.5 Å². The van der Waals surface area contributed by atoms with Crippen LogP contribution in [-0.2, 0) is 0 Å². The van der Waals surface area contributed by atoms with Gasteiger partial charge < -0.3 is 9.47 Å². The van der Waals surface area contributed by atoms with Gasteiger partial charge in [-0.2, -0.15) is 21.0 Å². The zero-order chi connectivity index (χ0) is 47.6. The van der Waals surface area contributed by atoms with E-state index in [0.29, 0.717) is 50.6 Å². The van der Waals surface area contributed by atoms with E-state index in [2.05, 4.69) is 137 Å². The molecule has 8 heteroatoms. The van der Waals surface area contributed by atoms with Crippen molar-refractivity contribution in [1.29, 1.82) is 21.0 Å². The van der Waals surface area contributed by atoms with Crippen LogP contribution in [0.2, 0.25) is 0 Å². The predicted octanol–water partition coefficient (Wildman–Crippen LogP) is 14.9.